The van der Waals surface area contributed by atoms with E-state index >= 15 is 0 Å². The van der Waals surface area contributed by atoms with Gasteiger partial charge in [-0.1, -0.05) is 72.8 Å². The molecule has 0 saturated carbocycles. The van der Waals surface area contributed by atoms with Gasteiger partial charge in [0.2, 0.25) is 0 Å². The molecule has 3 aromatic carbocycles. The fourth-order valence-corrected chi connectivity index (χ4v) is 2.98. The topological polar surface area (TPSA) is 95.7 Å². The number of nitrogens with zero attached hydrogens (tertiary/aromatic N) is 1. The first-order valence-electron chi connectivity index (χ1n) is 9.65. The van der Waals surface area contributed by atoms with Crippen molar-refractivity contribution in [3.05, 3.63) is 117 Å². The van der Waals surface area contributed by atoms with Crippen LogP contribution in [-0.4, -0.2) is 16.8 Å². The Labute approximate surface area is 179 Å². The zero-order valence-corrected chi connectivity index (χ0v) is 16.9. The number of rotatable bonds is 9. The lowest BCUT2D eigenvalue weighted by Gasteiger charge is -2.13. The van der Waals surface area contributed by atoms with Gasteiger partial charge in [-0.05, 0) is 29.7 Å². The molecule has 0 aromatic heterocycles. The number of benzene rings is 3. The molecule has 0 N–H and O–H groups in total. The van der Waals surface area contributed by atoms with Gasteiger partial charge in [-0.15, -0.1) is 10.1 Å². The molecule has 0 spiro atoms. The first-order chi connectivity index (χ1) is 14.9. The average molecular weight is 419 g/mol. The zero-order valence-electron chi connectivity index (χ0n) is 16.9. The highest BCUT2D eigenvalue weighted by molar-refractivity contribution is 6.09. The Hall–Kier alpha value is -4.00. The van der Waals surface area contributed by atoms with Crippen molar-refractivity contribution in [2.75, 3.05) is 0 Å². The summed E-state index contributed by atoms with van der Waals surface area (Å²) >= 11 is 0. The summed E-state index contributed by atoms with van der Waals surface area (Å²) < 4.78 is 5.40. The predicted molar refractivity (Wildman–Crippen MR) is 113 cm³/mol. The van der Waals surface area contributed by atoms with Crippen molar-refractivity contribution in [3.63, 3.8) is 0 Å². The molecule has 0 radical (unpaired) electrons. The highest BCUT2D eigenvalue weighted by Gasteiger charge is 2.19. The van der Waals surface area contributed by atoms with Crippen molar-refractivity contribution < 1.29 is 24.3 Å². The molecule has 31 heavy (non-hydrogen) atoms. The molecule has 7 nitrogen and oxygen atoms in total. The second-order valence-electron chi connectivity index (χ2n) is 6.96. The van der Waals surface area contributed by atoms with Gasteiger partial charge in [0.15, 0.2) is 5.78 Å². The molecule has 1 atom stereocenters. The molecule has 0 saturated heterocycles. The fraction of sp³-hybridized carbons (Fsp3) is 0.167. The second kappa shape index (κ2) is 10.2. The van der Waals surface area contributed by atoms with Crippen molar-refractivity contribution in [1.82, 2.24) is 0 Å². The number of carbonyl (C=O) groups excluding carboxylic acids is 2. The van der Waals surface area contributed by atoms with Gasteiger partial charge in [-0.3, -0.25) is 9.59 Å². The van der Waals surface area contributed by atoms with Crippen molar-refractivity contribution in [3.8, 4) is 0 Å². The van der Waals surface area contributed by atoms with Gasteiger partial charge >= 0.3 is 5.97 Å². The van der Waals surface area contributed by atoms with Gasteiger partial charge in [0.1, 0.15) is 13.2 Å². The molecule has 0 fully saturated rings. The van der Waals surface area contributed by atoms with Crippen molar-refractivity contribution >= 4 is 11.8 Å². The summed E-state index contributed by atoms with van der Waals surface area (Å²) in [6.45, 7) is 1.66. The second-order valence-corrected chi connectivity index (χ2v) is 6.96. The van der Waals surface area contributed by atoms with E-state index in [9.17, 15) is 19.7 Å². The number of esters is 1. The average Bonchev–Trinajstić information content (AvgIpc) is 2.81. The molecule has 0 heterocycles. The van der Waals surface area contributed by atoms with Crippen molar-refractivity contribution in [1.29, 1.82) is 0 Å². The third-order valence-electron chi connectivity index (χ3n) is 4.78. The Morgan fingerprint density at radius 2 is 1.48 bits per heavy atom. The van der Waals surface area contributed by atoms with E-state index in [4.69, 9.17) is 4.74 Å². The highest BCUT2D eigenvalue weighted by atomic mass is 16.9. The summed E-state index contributed by atoms with van der Waals surface area (Å²) in [4.78, 5) is 39.7. The number of ether oxygens (including phenoxy) is 1. The minimum absolute atomic E-state index is 0.0716. The highest BCUT2D eigenvalue weighted by Crippen LogP contribution is 2.21. The third kappa shape index (κ3) is 5.99. The van der Waals surface area contributed by atoms with E-state index in [0.29, 0.717) is 22.3 Å². The lowest BCUT2D eigenvalue weighted by molar-refractivity contribution is -0.763. The van der Waals surface area contributed by atoms with Crippen LogP contribution in [-0.2, 0) is 27.6 Å². The largest absolute Gasteiger partial charge is 0.460 e. The summed E-state index contributed by atoms with van der Waals surface area (Å²) in [7, 11) is 0. The van der Waals surface area contributed by atoms with Crippen LogP contribution in [0.2, 0.25) is 0 Å². The minimum Gasteiger partial charge on any atom is -0.460 e. The lowest BCUT2D eigenvalue weighted by Crippen LogP contribution is -2.14. The number of hydrogen-bond acceptors (Lipinski definition) is 6. The van der Waals surface area contributed by atoms with Gasteiger partial charge in [-0.25, -0.2) is 0 Å². The Balaban J connectivity index is 1.60. The van der Waals surface area contributed by atoms with Crippen LogP contribution in [0.15, 0.2) is 78.9 Å². The lowest BCUT2D eigenvalue weighted by atomic mass is 9.96. The van der Waals surface area contributed by atoms with E-state index in [1.54, 1.807) is 79.7 Å². The summed E-state index contributed by atoms with van der Waals surface area (Å²) in [6.07, 6.45) is 0. The summed E-state index contributed by atoms with van der Waals surface area (Å²) in [5.74, 6) is -1.06. The maximum Gasteiger partial charge on any atom is 0.313 e. The number of carbonyl (C=O) groups is 2. The van der Waals surface area contributed by atoms with E-state index < -0.39 is 17.0 Å². The SMILES string of the molecule is CC(C(=O)OCc1ccc(CO[N+](=O)[O-])cc1)c1cccc(C(=O)c2ccccc2)c1. The van der Waals surface area contributed by atoms with Gasteiger partial charge in [-0.2, -0.15) is 0 Å². The molecular formula is C24H21NO6. The van der Waals surface area contributed by atoms with Crippen LogP contribution in [0.4, 0.5) is 0 Å². The predicted octanol–water partition coefficient (Wildman–Crippen LogP) is 4.47. The number of hydrogen-bond donors (Lipinski definition) is 0. The van der Waals surface area contributed by atoms with Gasteiger partial charge in [0.25, 0.3) is 5.09 Å². The van der Waals surface area contributed by atoms with Crippen LogP contribution in [0.3, 0.4) is 0 Å². The van der Waals surface area contributed by atoms with Crippen LogP contribution in [0.25, 0.3) is 0 Å². The molecule has 1 unspecified atom stereocenters. The monoisotopic (exact) mass is 419 g/mol. The quantitative estimate of drug-likeness (QED) is 0.220. The van der Waals surface area contributed by atoms with E-state index in [2.05, 4.69) is 4.84 Å². The maximum atomic E-state index is 12.7. The van der Waals surface area contributed by atoms with Gasteiger partial charge < -0.3 is 9.57 Å². The maximum absolute atomic E-state index is 12.7. The van der Waals surface area contributed by atoms with Crippen LogP contribution in [0.5, 0.6) is 0 Å². The van der Waals surface area contributed by atoms with Gasteiger partial charge in [0, 0.05) is 11.1 Å². The van der Waals surface area contributed by atoms with Crippen molar-refractivity contribution in [2.24, 2.45) is 0 Å². The first-order valence-corrected chi connectivity index (χ1v) is 9.65. The van der Waals surface area contributed by atoms with Crippen LogP contribution < -0.4 is 0 Å². The molecule has 158 valence electrons. The first kappa shape index (κ1) is 21.7. The van der Waals surface area contributed by atoms with E-state index in [0.717, 1.165) is 5.56 Å². The molecule has 3 aromatic rings. The summed E-state index contributed by atoms with van der Waals surface area (Å²) in [5.41, 5.74) is 3.18. The Bertz CT molecular complexity index is 1060. The number of ketones is 1. The molecular weight excluding hydrogens is 398 g/mol. The van der Waals surface area contributed by atoms with Crippen LogP contribution in [0.1, 0.15) is 45.5 Å². The minimum atomic E-state index is -0.848. The van der Waals surface area contributed by atoms with Gasteiger partial charge in [0.05, 0.1) is 5.92 Å². The molecule has 7 heteroatoms. The van der Waals surface area contributed by atoms with E-state index in [1.807, 2.05) is 6.07 Å². The van der Waals surface area contributed by atoms with E-state index in [-0.39, 0.29) is 19.0 Å². The molecule has 0 aliphatic rings. The molecule has 0 aliphatic heterocycles. The fourth-order valence-electron chi connectivity index (χ4n) is 2.98. The Kier molecular flexibility index (Phi) is 7.11. The zero-order chi connectivity index (χ0) is 22.2. The molecule has 0 aliphatic carbocycles. The molecule has 0 amide bonds. The summed E-state index contributed by atoms with van der Waals surface area (Å²) in [5, 5.41) is 9.39. The smallest absolute Gasteiger partial charge is 0.313 e. The molecule has 3 rings (SSSR count). The Morgan fingerprint density at radius 1 is 0.871 bits per heavy atom. The van der Waals surface area contributed by atoms with E-state index in [1.165, 1.54) is 0 Å². The van der Waals surface area contributed by atoms with Crippen molar-refractivity contribution in [2.45, 2.75) is 26.1 Å². The third-order valence-corrected chi connectivity index (χ3v) is 4.78. The summed E-state index contributed by atoms with van der Waals surface area (Å²) in [6, 6.07) is 22.7. The standard InChI is InChI=1S/C24H21NO6/c1-17(21-8-5-9-22(14-21)23(26)20-6-3-2-4-7-20)24(27)30-15-18-10-12-19(13-11-18)16-31-25(28)29/h2-14,17H,15-16H2,1H3. The molecule has 0 bridgehead atoms. The normalized spacial score (nSPS) is 11.4. The van der Waals surface area contributed by atoms with Crippen LogP contribution in [0, 0.1) is 10.1 Å². The van der Waals surface area contributed by atoms with Crippen LogP contribution >= 0.6 is 0 Å². The Morgan fingerprint density at radius 3 is 2.13 bits per heavy atom.